The van der Waals surface area contributed by atoms with Gasteiger partial charge in [0.1, 0.15) is 28.9 Å². The van der Waals surface area contributed by atoms with Gasteiger partial charge in [0.2, 0.25) is 0 Å². The van der Waals surface area contributed by atoms with Crippen LogP contribution in [0, 0.1) is 0 Å². The minimum absolute atomic E-state index is 0.0578. The highest BCUT2D eigenvalue weighted by molar-refractivity contribution is 6.02. The number of aromatic hydroxyl groups is 1. The number of hydrogen-bond acceptors (Lipinski definition) is 5. The second-order valence-electron chi connectivity index (χ2n) is 4.74. The second-order valence-corrected chi connectivity index (χ2v) is 4.74. The molecule has 0 saturated heterocycles. The molecule has 1 unspecified atom stereocenters. The Morgan fingerprint density at radius 2 is 2.21 bits per heavy atom. The minimum atomic E-state index is -0.567. The number of benzene rings is 1. The van der Waals surface area contributed by atoms with E-state index in [1.54, 1.807) is 6.07 Å². The Hall–Kier alpha value is -1.88. The summed E-state index contributed by atoms with van der Waals surface area (Å²) in [7, 11) is 0. The molecule has 2 N–H and O–H groups in total. The molecule has 19 heavy (non-hydrogen) atoms. The van der Waals surface area contributed by atoms with Crippen LogP contribution in [0.4, 0.5) is 0 Å². The topological polar surface area (TPSA) is 83.8 Å². The van der Waals surface area contributed by atoms with Crippen LogP contribution in [0.3, 0.4) is 0 Å². The summed E-state index contributed by atoms with van der Waals surface area (Å²) in [6.07, 6.45) is 0.346. The van der Waals surface area contributed by atoms with E-state index in [2.05, 4.69) is 0 Å². The quantitative estimate of drug-likeness (QED) is 0.854. The lowest BCUT2D eigenvalue weighted by molar-refractivity contribution is -0.116. The van der Waals surface area contributed by atoms with E-state index >= 15 is 0 Å². The zero-order valence-electron chi connectivity index (χ0n) is 10.7. The number of rotatable bonds is 4. The van der Waals surface area contributed by atoms with Gasteiger partial charge in [-0.25, -0.2) is 0 Å². The van der Waals surface area contributed by atoms with Crippen LogP contribution < -0.4 is 4.74 Å². The van der Waals surface area contributed by atoms with Crippen LogP contribution >= 0.6 is 0 Å². The highest BCUT2D eigenvalue weighted by Crippen LogP contribution is 2.35. The van der Waals surface area contributed by atoms with E-state index in [0.29, 0.717) is 12.8 Å². The van der Waals surface area contributed by atoms with E-state index < -0.39 is 6.10 Å². The summed E-state index contributed by atoms with van der Waals surface area (Å²) in [6, 6.07) is 3.14. The van der Waals surface area contributed by atoms with Crippen LogP contribution in [0.25, 0.3) is 0 Å². The molecule has 0 aromatic heterocycles. The number of aliphatic hydroxyl groups excluding tert-OH is 1. The molecule has 2 rings (SSSR count). The molecule has 1 aliphatic rings. The van der Waals surface area contributed by atoms with Gasteiger partial charge in [-0.15, -0.1) is 0 Å². The molecule has 0 fully saturated rings. The number of Topliss-reactive ketones (excluding diaryl/α,β-unsaturated/α-hetero) is 2. The molecule has 1 aromatic carbocycles. The average Bonchev–Trinajstić information content (AvgIpc) is 2.35. The largest absolute Gasteiger partial charge is 0.507 e. The molecule has 5 nitrogen and oxygen atoms in total. The summed E-state index contributed by atoms with van der Waals surface area (Å²) in [6.45, 7) is 1.25. The van der Waals surface area contributed by atoms with Gasteiger partial charge in [0, 0.05) is 6.42 Å². The molecule has 0 amide bonds. The highest BCUT2D eigenvalue weighted by Gasteiger charge is 2.29. The molecule has 5 heteroatoms. The summed E-state index contributed by atoms with van der Waals surface area (Å²) in [5.41, 5.74) is 0.897. The Balaban J connectivity index is 2.31. The number of aliphatic hydroxyl groups is 1. The predicted molar refractivity (Wildman–Crippen MR) is 67.6 cm³/mol. The standard InChI is InChI=1S/C14H16O5/c1-8(16)2-3-9-4-11(17)14-12(18)6-10(7-15)19-13(14)5-9/h4-5,10,15,17H,2-3,6-7H2,1H3. The number of hydrogen-bond donors (Lipinski definition) is 2. The molecule has 1 aliphatic heterocycles. The second kappa shape index (κ2) is 5.40. The maximum atomic E-state index is 11.8. The van der Waals surface area contributed by atoms with Gasteiger partial charge in [0.15, 0.2) is 5.78 Å². The first-order chi connectivity index (χ1) is 9.01. The summed E-state index contributed by atoms with van der Waals surface area (Å²) in [4.78, 5) is 22.8. The molecule has 1 heterocycles. The van der Waals surface area contributed by atoms with Crippen molar-refractivity contribution in [2.24, 2.45) is 0 Å². The van der Waals surface area contributed by atoms with E-state index in [-0.39, 0.29) is 41.7 Å². The first kappa shape index (κ1) is 13.5. The lowest BCUT2D eigenvalue weighted by Crippen LogP contribution is -2.30. The Morgan fingerprint density at radius 3 is 2.84 bits per heavy atom. The summed E-state index contributed by atoms with van der Waals surface area (Å²) < 4.78 is 5.46. The van der Waals surface area contributed by atoms with Crippen molar-refractivity contribution < 1.29 is 24.5 Å². The third kappa shape index (κ3) is 2.93. The van der Waals surface area contributed by atoms with Crippen molar-refractivity contribution in [2.75, 3.05) is 6.61 Å². The van der Waals surface area contributed by atoms with E-state index in [1.807, 2.05) is 0 Å². The van der Waals surface area contributed by atoms with Crippen molar-refractivity contribution in [2.45, 2.75) is 32.3 Å². The SMILES string of the molecule is CC(=O)CCc1cc(O)c2c(c1)OC(CO)CC2=O. The lowest BCUT2D eigenvalue weighted by atomic mass is 9.96. The van der Waals surface area contributed by atoms with E-state index in [1.165, 1.54) is 13.0 Å². The van der Waals surface area contributed by atoms with Crippen molar-refractivity contribution in [3.8, 4) is 11.5 Å². The predicted octanol–water partition coefficient (Wildman–Crippen LogP) is 1.24. The molecule has 0 radical (unpaired) electrons. The van der Waals surface area contributed by atoms with Crippen LogP contribution in [0.15, 0.2) is 12.1 Å². The van der Waals surface area contributed by atoms with Crippen molar-refractivity contribution >= 4 is 11.6 Å². The van der Waals surface area contributed by atoms with E-state index in [0.717, 1.165) is 5.56 Å². The van der Waals surface area contributed by atoms with Gasteiger partial charge in [-0.3, -0.25) is 4.79 Å². The zero-order chi connectivity index (χ0) is 14.0. The molecule has 1 aromatic rings. The van der Waals surface area contributed by atoms with E-state index in [9.17, 15) is 14.7 Å². The molecule has 102 valence electrons. The average molecular weight is 264 g/mol. The fraction of sp³-hybridized carbons (Fsp3) is 0.429. The maximum Gasteiger partial charge on any atom is 0.174 e. The highest BCUT2D eigenvalue weighted by atomic mass is 16.5. The Labute approximate surface area is 110 Å². The fourth-order valence-electron chi connectivity index (χ4n) is 2.13. The number of phenolic OH excluding ortho intramolecular Hbond substituents is 1. The number of carbonyl (C=O) groups excluding carboxylic acids is 2. The molecule has 0 aliphatic carbocycles. The van der Waals surface area contributed by atoms with Gasteiger partial charge >= 0.3 is 0 Å². The van der Waals surface area contributed by atoms with Crippen molar-refractivity contribution in [3.05, 3.63) is 23.3 Å². The first-order valence-electron chi connectivity index (χ1n) is 6.17. The van der Waals surface area contributed by atoms with Gasteiger partial charge in [-0.1, -0.05) is 0 Å². The third-order valence-electron chi connectivity index (χ3n) is 3.10. The van der Waals surface area contributed by atoms with E-state index in [4.69, 9.17) is 9.84 Å². The van der Waals surface area contributed by atoms with Gasteiger partial charge < -0.3 is 19.7 Å². The number of carbonyl (C=O) groups is 2. The zero-order valence-corrected chi connectivity index (χ0v) is 10.7. The number of ketones is 2. The van der Waals surface area contributed by atoms with Crippen LogP contribution in [0.2, 0.25) is 0 Å². The molecule has 1 atom stereocenters. The maximum absolute atomic E-state index is 11.8. The van der Waals surface area contributed by atoms with Crippen LogP contribution in [0.5, 0.6) is 11.5 Å². The lowest BCUT2D eigenvalue weighted by Gasteiger charge is -2.24. The van der Waals surface area contributed by atoms with Crippen molar-refractivity contribution in [3.63, 3.8) is 0 Å². The van der Waals surface area contributed by atoms with Crippen LogP contribution in [-0.2, 0) is 11.2 Å². The molecular weight excluding hydrogens is 248 g/mol. The van der Waals surface area contributed by atoms with Crippen molar-refractivity contribution in [1.29, 1.82) is 0 Å². The smallest absolute Gasteiger partial charge is 0.174 e. The number of phenols is 1. The van der Waals surface area contributed by atoms with Gasteiger partial charge in [-0.2, -0.15) is 0 Å². The number of ether oxygens (including phenoxy) is 1. The summed E-state index contributed by atoms with van der Waals surface area (Å²) in [5, 5.41) is 18.9. The normalized spacial score (nSPS) is 17.8. The van der Waals surface area contributed by atoms with Gasteiger partial charge in [-0.05, 0) is 31.0 Å². The molecular formula is C14H16O5. The summed E-state index contributed by atoms with van der Waals surface area (Å²) >= 11 is 0. The third-order valence-corrected chi connectivity index (χ3v) is 3.10. The number of aryl methyl sites for hydroxylation is 1. The Morgan fingerprint density at radius 1 is 1.47 bits per heavy atom. The molecule has 0 bridgehead atoms. The Bertz CT molecular complexity index is 521. The first-order valence-corrected chi connectivity index (χ1v) is 6.17. The molecule has 0 saturated carbocycles. The minimum Gasteiger partial charge on any atom is -0.507 e. The van der Waals surface area contributed by atoms with Crippen LogP contribution in [0.1, 0.15) is 35.7 Å². The van der Waals surface area contributed by atoms with Gasteiger partial charge in [0.05, 0.1) is 13.0 Å². The molecule has 0 spiro atoms. The number of fused-ring (bicyclic) bond motifs is 1. The summed E-state index contributed by atoms with van der Waals surface area (Å²) in [5.74, 6) is -0.0235. The Kier molecular flexibility index (Phi) is 3.85. The fourth-order valence-corrected chi connectivity index (χ4v) is 2.13. The van der Waals surface area contributed by atoms with Gasteiger partial charge in [0.25, 0.3) is 0 Å². The van der Waals surface area contributed by atoms with Crippen molar-refractivity contribution in [1.82, 2.24) is 0 Å². The monoisotopic (exact) mass is 264 g/mol. The van der Waals surface area contributed by atoms with Crippen LogP contribution in [-0.4, -0.2) is 34.5 Å².